The van der Waals surface area contributed by atoms with Gasteiger partial charge in [-0.2, -0.15) is 0 Å². The molecule has 0 amide bonds. The molecular weight excluding hydrogens is 222 g/mol. The highest BCUT2D eigenvalue weighted by Gasteiger charge is 2.12. The topological polar surface area (TPSA) is 46.2 Å². The highest BCUT2D eigenvalue weighted by Crippen LogP contribution is 2.14. The molecule has 1 fully saturated rings. The number of ether oxygens (including phenoxy) is 1. The Kier molecular flexibility index (Phi) is 4.56. The standard InChI is InChI=1S/C11H19N3OS/c1-9-8-16-11(14-9)13-6-7-15-10-2-4-12-5-3-10/h8,10,12H,2-7H2,1H3,(H,13,14). The van der Waals surface area contributed by atoms with Gasteiger partial charge in [-0.3, -0.25) is 0 Å². The first-order valence-electron chi connectivity index (χ1n) is 5.83. The van der Waals surface area contributed by atoms with E-state index in [0.717, 1.165) is 49.9 Å². The molecule has 16 heavy (non-hydrogen) atoms. The number of rotatable bonds is 5. The zero-order chi connectivity index (χ0) is 11.2. The summed E-state index contributed by atoms with van der Waals surface area (Å²) in [7, 11) is 0. The number of aromatic nitrogens is 1. The van der Waals surface area contributed by atoms with Gasteiger partial charge in [-0.05, 0) is 32.9 Å². The van der Waals surface area contributed by atoms with Crippen LogP contribution in [-0.4, -0.2) is 37.3 Å². The number of nitrogens with zero attached hydrogens (tertiary/aromatic N) is 1. The Morgan fingerprint density at radius 2 is 2.38 bits per heavy atom. The first-order chi connectivity index (χ1) is 7.84. The summed E-state index contributed by atoms with van der Waals surface area (Å²) >= 11 is 1.65. The summed E-state index contributed by atoms with van der Waals surface area (Å²) in [6, 6.07) is 0. The van der Waals surface area contributed by atoms with Gasteiger partial charge < -0.3 is 15.4 Å². The number of hydrogen-bond acceptors (Lipinski definition) is 5. The molecule has 0 unspecified atom stereocenters. The fourth-order valence-electron chi connectivity index (χ4n) is 1.78. The monoisotopic (exact) mass is 241 g/mol. The lowest BCUT2D eigenvalue weighted by molar-refractivity contribution is 0.0394. The second-order valence-electron chi connectivity index (χ2n) is 4.04. The summed E-state index contributed by atoms with van der Waals surface area (Å²) in [5.41, 5.74) is 1.08. The van der Waals surface area contributed by atoms with Gasteiger partial charge in [0.2, 0.25) is 0 Å². The molecule has 5 heteroatoms. The zero-order valence-corrected chi connectivity index (χ0v) is 10.5. The molecule has 0 atom stereocenters. The predicted molar refractivity (Wildman–Crippen MR) is 67.2 cm³/mol. The van der Waals surface area contributed by atoms with E-state index in [1.165, 1.54) is 0 Å². The van der Waals surface area contributed by atoms with Crippen molar-refractivity contribution in [2.75, 3.05) is 31.6 Å². The molecule has 90 valence electrons. The average molecular weight is 241 g/mol. The van der Waals surface area contributed by atoms with E-state index in [1.54, 1.807) is 11.3 Å². The first kappa shape index (κ1) is 11.8. The summed E-state index contributed by atoms with van der Waals surface area (Å²) in [6.45, 7) is 5.79. The Morgan fingerprint density at radius 1 is 1.56 bits per heavy atom. The average Bonchev–Trinajstić information content (AvgIpc) is 2.72. The van der Waals surface area contributed by atoms with Crippen LogP contribution in [0, 0.1) is 6.92 Å². The Bertz CT molecular complexity index is 310. The minimum Gasteiger partial charge on any atom is -0.376 e. The van der Waals surface area contributed by atoms with Crippen molar-refractivity contribution in [2.45, 2.75) is 25.9 Å². The second-order valence-corrected chi connectivity index (χ2v) is 4.90. The van der Waals surface area contributed by atoms with E-state index in [1.807, 2.05) is 6.92 Å². The molecule has 0 aliphatic carbocycles. The van der Waals surface area contributed by atoms with Gasteiger partial charge in [0.15, 0.2) is 5.13 Å². The fraction of sp³-hybridized carbons (Fsp3) is 0.727. The molecule has 0 bridgehead atoms. The van der Waals surface area contributed by atoms with Crippen LogP contribution in [-0.2, 0) is 4.74 Å². The van der Waals surface area contributed by atoms with E-state index in [0.29, 0.717) is 6.10 Å². The predicted octanol–water partition coefficient (Wildman–Crippen LogP) is 1.63. The number of piperidine rings is 1. The van der Waals surface area contributed by atoms with E-state index in [4.69, 9.17) is 4.74 Å². The molecule has 0 aromatic carbocycles. The Morgan fingerprint density at radius 3 is 3.06 bits per heavy atom. The highest BCUT2D eigenvalue weighted by atomic mass is 32.1. The summed E-state index contributed by atoms with van der Waals surface area (Å²) in [5, 5.41) is 9.65. The maximum atomic E-state index is 5.79. The van der Waals surface area contributed by atoms with Gasteiger partial charge in [0.25, 0.3) is 0 Å². The lowest BCUT2D eigenvalue weighted by Crippen LogP contribution is -2.33. The van der Waals surface area contributed by atoms with Crippen LogP contribution in [0.3, 0.4) is 0 Å². The molecule has 2 rings (SSSR count). The van der Waals surface area contributed by atoms with Crippen LogP contribution < -0.4 is 10.6 Å². The smallest absolute Gasteiger partial charge is 0.182 e. The Balaban J connectivity index is 1.57. The van der Waals surface area contributed by atoms with Crippen LogP contribution in [0.2, 0.25) is 0 Å². The van der Waals surface area contributed by atoms with Crippen LogP contribution in [0.25, 0.3) is 0 Å². The molecule has 4 nitrogen and oxygen atoms in total. The molecule has 2 heterocycles. The molecule has 1 aliphatic heterocycles. The van der Waals surface area contributed by atoms with Gasteiger partial charge in [0.05, 0.1) is 18.4 Å². The Hall–Kier alpha value is -0.650. The zero-order valence-electron chi connectivity index (χ0n) is 9.66. The highest BCUT2D eigenvalue weighted by molar-refractivity contribution is 7.13. The van der Waals surface area contributed by atoms with Crippen molar-refractivity contribution >= 4 is 16.5 Å². The van der Waals surface area contributed by atoms with Crippen molar-refractivity contribution in [3.05, 3.63) is 11.1 Å². The van der Waals surface area contributed by atoms with Gasteiger partial charge in [0, 0.05) is 11.9 Å². The van der Waals surface area contributed by atoms with Crippen molar-refractivity contribution in [3.63, 3.8) is 0 Å². The van der Waals surface area contributed by atoms with E-state index in [2.05, 4.69) is 21.0 Å². The van der Waals surface area contributed by atoms with E-state index < -0.39 is 0 Å². The van der Waals surface area contributed by atoms with Crippen molar-refractivity contribution in [1.82, 2.24) is 10.3 Å². The molecule has 1 aromatic rings. The largest absolute Gasteiger partial charge is 0.376 e. The summed E-state index contributed by atoms with van der Waals surface area (Å²) < 4.78 is 5.79. The van der Waals surface area contributed by atoms with Crippen molar-refractivity contribution < 1.29 is 4.74 Å². The van der Waals surface area contributed by atoms with E-state index >= 15 is 0 Å². The summed E-state index contributed by atoms with van der Waals surface area (Å²) in [5.74, 6) is 0. The molecule has 1 aliphatic rings. The van der Waals surface area contributed by atoms with Crippen LogP contribution in [0.4, 0.5) is 5.13 Å². The SMILES string of the molecule is Cc1csc(NCCOC2CCNCC2)n1. The van der Waals surface area contributed by atoms with Crippen molar-refractivity contribution in [2.24, 2.45) is 0 Å². The molecular formula is C11H19N3OS. The maximum Gasteiger partial charge on any atom is 0.182 e. The van der Waals surface area contributed by atoms with Gasteiger partial charge in [-0.15, -0.1) is 11.3 Å². The minimum atomic E-state index is 0.445. The number of anilines is 1. The van der Waals surface area contributed by atoms with Crippen molar-refractivity contribution in [1.29, 1.82) is 0 Å². The third-order valence-corrected chi connectivity index (χ3v) is 3.55. The van der Waals surface area contributed by atoms with Crippen molar-refractivity contribution in [3.8, 4) is 0 Å². The third-order valence-electron chi connectivity index (χ3n) is 2.64. The van der Waals surface area contributed by atoms with Crippen LogP contribution >= 0.6 is 11.3 Å². The number of nitrogens with one attached hydrogen (secondary N) is 2. The quantitative estimate of drug-likeness (QED) is 0.769. The number of thiazole rings is 1. The molecule has 0 spiro atoms. The van der Waals surface area contributed by atoms with E-state index in [9.17, 15) is 0 Å². The molecule has 1 aromatic heterocycles. The van der Waals surface area contributed by atoms with Crippen LogP contribution in [0.15, 0.2) is 5.38 Å². The van der Waals surface area contributed by atoms with Gasteiger partial charge in [-0.1, -0.05) is 0 Å². The molecule has 2 N–H and O–H groups in total. The normalized spacial score (nSPS) is 17.6. The molecule has 1 saturated heterocycles. The maximum absolute atomic E-state index is 5.79. The van der Waals surface area contributed by atoms with E-state index in [-0.39, 0.29) is 0 Å². The number of aryl methyl sites for hydroxylation is 1. The molecule has 0 saturated carbocycles. The van der Waals surface area contributed by atoms with Gasteiger partial charge in [0.1, 0.15) is 0 Å². The number of hydrogen-bond donors (Lipinski definition) is 2. The first-order valence-corrected chi connectivity index (χ1v) is 6.71. The van der Waals surface area contributed by atoms with Crippen LogP contribution in [0.1, 0.15) is 18.5 Å². The molecule has 0 radical (unpaired) electrons. The minimum absolute atomic E-state index is 0.445. The lowest BCUT2D eigenvalue weighted by atomic mass is 10.1. The Labute approximate surface area is 100 Å². The van der Waals surface area contributed by atoms with Gasteiger partial charge in [-0.25, -0.2) is 4.98 Å². The van der Waals surface area contributed by atoms with Gasteiger partial charge >= 0.3 is 0 Å². The summed E-state index contributed by atoms with van der Waals surface area (Å²) in [4.78, 5) is 4.34. The second kappa shape index (κ2) is 6.18. The summed E-state index contributed by atoms with van der Waals surface area (Å²) in [6.07, 6.45) is 2.72. The van der Waals surface area contributed by atoms with Crippen LogP contribution in [0.5, 0.6) is 0 Å². The third kappa shape index (κ3) is 3.73. The lowest BCUT2D eigenvalue weighted by Gasteiger charge is -2.22. The fourth-order valence-corrected chi connectivity index (χ4v) is 2.50.